The minimum absolute atomic E-state index is 0. The molecule has 1 aromatic carbocycles. The Balaban J connectivity index is 0.00000240. The molecule has 0 bridgehead atoms. The summed E-state index contributed by atoms with van der Waals surface area (Å²) in [4.78, 5) is 17.9. The average molecular weight is 457 g/mol. The molecule has 3 aromatic rings. The zero-order valence-electron chi connectivity index (χ0n) is 15.6. The third-order valence-electron chi connectivity index (χ3n) is 3.97. The minimum atomic E-state index is -4.50. The van der Waals surface area contributed by atoms with Gasteiger partial charge in [-0.2, -0.15) is 0 Å². The topological polar surface area (TPSA) is 120 Å². The molecule has 156 valence electrons. The number of halogens is 1. The van der Waals surface area contributed by atoms with Crippen LogP contribution in [0.5, 0.6) is 17.2 Å². The van der Waals surface area contributed by atoms with Crippen molar-refractivity contribution in [3.63, 3.8) is 0 Å². The summed E-state index contributed by atoms with van der Waals surface area (Å²) in [7, 11) is -4.50. The van der Waals surface area contributed by atoms with Gasteiger partial charge in [0.2, 0.25) is 14.4 Å². The van der Waals surface area contributed by atoms with Crippen LogP contribution < -0.4 is 42.5 Å². The van der Waals surface area contributed by atoms with E-state index in [1.165, 1.54) is 29.5 Å². The summed E-state index contributed by atoms with van der Waals surface area (Å²) in [5.74, 6) is 1.80. The van der Waals surface area contributed by atoms with E-state index >= 15 is 0 Å². The predicted octanol–water partition coefficient (Wildman–Crippen LogP) is 0.174. The van der Waals surface area contributed by atoms with Crippen molar-refractivity contribution in [2.24, 2.45) is 5.92 Å². The van der Waals surface area contributed by atoms with Crippen molar-refractivity contribution in [3.05, 3.63) is 35.2 Å². The second-order valence-corrected chi connectivity index (χ2v) is 9.40. The Morgan fingerprint density at radius 3 is 2.79 bits per heavy atom. The van der Waals surface area contributed by atoms with Crippen LogP contribution in [0, 0.1) is 5.92 Å². The second-order valence-electron chi connectivity index (χ2n) is 6.66. The summed E-state index contributed by atoms with van der Waals surface area (Å²) in [5.41, 5.74) is 6.11. The molecule has 8 nitrogen and oxygen atoms in total. The van der Waals surface area contributed by atoms with Crippen LogP contribution in [0.1, 0.15) is 18.7 Å². The Morgan fingerprint density at radius 2 is 2.03 bits per heavy atom. The molecule has 2 N–H and O–H groups in total. The molecule has 0 saturated heterocycles. The number of furan rings is 1. The van der Waals surface area contributed by atoms with Gasteiger partial charge in [-0.15, -0.1) is 11.3 Å². The maximum atomic E-state index is 12.6. The van der Waals surface area contributed by atoms with Gasteiger partial charge in [-0.05, 0) is 36.6 Å². The van der Waals surface area contributed by atoms with Gasteiger partial charge < -0.3 is 41.4 Å². The Bertz CT molecular complexity index is 1070. The fourth-order valence-electron chi connectivity index (χ4n) is 2.79. The van der Waals surface area contributed by atoms with Gasteiger partial charge in [-0.3, -0.25) is 4.57 Å². The van der Waals surface area contributed by atoms with Crippen molar-refractivity contribution in [1.29, 1.82) is 0 Å². The lowest BCUT2D eigenvalue weighted by molar-refractivity contribution is -0.187. The van der Waals surface area contributed by atoms with Crippen molar-refractivity contribution >= 4 is 29.6 Å². The molecule has 1 aliphatic heterocycles. The van der Waals surface area contributed by atoms with Crippen LogP contribution in [0.25, 0.3) is 11.5 Å². The van der Waals surface area contributed by atoms with Gasteiger partial charge >= 0.3 is 0 Å². The van der Waals surface area contributed by atoms with Crippen LogP contribution >= 0.6 is 18.9 Å². The van der Waals surface area contributed by atoms with Crippen LogP contribution in [0.4, 0.5) is 5.13 Å². The van der Waals surface area contributed by atoms with Crippen molar-refractivity contribution in [3.8, 4) is 28.7 Å². The van der Waals surface area contributed by atoms with E-state index in [0.29, 0.717) is 34.0 Å². The number of anilines is 1. The van der Waals surface area contributed by atoms with Gasteiger partial charge in [0.15, 0.2) is 27.9 Å². The lowest BCUT2D eigenvalue weighted by Gasteiger charge is -2.21. The Kier molecular flexibility index (Phi) is 6.14. The highest BCUT2D eigenvalue weighted by Gasteiger charge is 2.23. The summed E-state index contributed by atoms with van der Waals surface area (Å²) in [6.07, 6.45) is 0.767. The molecule has 1 unspecified atom stereocenters. The number of aromatic nitrogens is 1. The second kappa shape index (κ2) is 8.28. The molecular formula is C18H18ClN2O6PS-2. The highest BCUT2D eigenvalue weighted by molar-refractivity contribution is 7.59. The monoisotopic (exact) mass is 456 g/mol. The molecule has 3 heterocycles. The van der Waals surface area contributed by atoms with Gasteiger partial charge in [0.1, 0.15) is 11.4 Å². The molecule has 0 fully saturated rings. The number of rotatable bonds is 6. The molecule has 2 aromatic heterocycles. The van der Waals surface area contributed by atoms with E-state index in [1.54, 1.807) is 12.1 Å². The molecular weight excluding hydrogens is 439 g/mol. The number of hydrogen-bond donors (Lipinski definition) is 1. The number of nitrogens with two attached hydrogens (primary N) is 1. The normalized spacial score (nSPS) is 14.5. The van der Waals surface area contributed by atoms with Crippen molar-refractivity contribution in [1.82, 2.24) is 4.98 Å². The third-order valence-corrected chi connectivity index (χ3v) is 6.11. The number of fused-ring (bicyclic) bond motifs is 1. The van der Waals surface area contributed by atoms with Gasteiger partial charge in [0.25, 0.3) is 0 Å². The molecule has 1 atom stereocenters. The van der Waals surface area contributed by atoms with Gasteiger partial charge in [0, 0.05) is 10.9 Å². The quantitative estimate of drug-likeness (QED) is 0.521. The maximum absolute atomic E-state index is 12.6. The van der Waals surface area contributed by atoms with Crippen LogP contribution in [0.2, 0.25) is 0 Å². The standard InChI is InChI=1S/C18H19N2O6PS.ClH/c1-10(2)7-15-17(20-18(19)28-15)13-5-6-16(25-13)27(21,22)26-11-3-4-12-14(8-11)24-9-23-12;/h3-6,8,10H,7,9H2,1-2H3,(H2,19,20)(H,21,22);1H/p-2. The lowest BCUT2D eigenvalue weighted by Crippen LogP contribution is -3.00. The molecule has 0 spiro atoms. The number of thiazole rings is 1. The summed E-state index contributed by atoms with van der Waals surface area (Å²) < 4.78 is 33.8. The van der Waals surface area contributed by atoms with Crippen LogP contribution in [0.15, 0.2) is 34.7 Å². The van der Waals surface area contributed by atoms with E-state index in [1.807, 2.05) is 0 Å². The van der Waals surface area contributed by atoms with E-state index in [-0.39, 0.29) is 30.5 Å². The number of hydrogen-bond acceptors (Lipinski definition) is 9. The maximum Gasteiger partial charge on any atom is 0.248 e. The first kappa shape index (κ1) is 21.5. The first-order valence-corrected chi connectivity index (χ1v) is 10.9. The van der Waals surface area contributed by atoms with Crippen molar-refractivity contribution in [2.75, 3.05) is 12.5 Å². The minimum Gasteiger partial charge on any atom is -1.00 e. The van der Waals surface area contributed by atoms with Crippen LogP contribution in [0.3, 0.4) is 0 Å². The number of benzene rings is 1. The predicted molar refractivity (Wildman–Crippen MR) is 103 cm³/mol. The van der Waals surface area contributed by atoms with E-state index in [2.05, 4.69) is 18.8 Å². The van der Waals surface area contributed by atoms with Crippen LogP contribution in [-0.4, -0.2) is 11.8 Å². The van der Waals surface area contributed by atoms with E-state index in [4.69, 9.17) is 24.1 Å². The Labute approximate surface area is 177 Å². The van der Waals surface area contributed by atoms with Gasteiger partial charge in [-0.25, -0.2) is 4.98 Å². The summed E-state index contributed by atoms with van der Waals surface area (Å²) in [6.45, 7) is 4.25. The first-order valence-electron chi connectivity index (χ1n) is 8.58. The van der Waals surface area contributed by atoms with E-state index < -0.39 is 7.60 Å². The molecule has 0 radical (unpaired) electrons. The first-order chi connectivity index (χ1) is 13.3. The summed E-state index contributed by atoms with van der Waals surface area (Å²) >= 11 is 1.37. The largest absolute Gasteiger partial charge is 1.00 e. The van der Waals surface area contributed by atoms with Crippen molar-refractivity contribution < 1.29 is 40.3 Å². The van der Waals surface area contributed by atoms with E-state index in [0.717, 1.165) is 11.3 Å². The third kappa shape index (κ3) is 4.53. The number of nitrogens with zero attached hydrogens (tertiary/aromatic N) is 1. The zero-order chi connectivity index (χ0) is 19.9. The summed E-state index contributed by atoms with van der Waals surface area (Å²) in [6, 6.07) is 7.44. The van der Waals surface area contributed by atoms with Gasteiger partial charge in [-0.1, -0.05) is 13.8 Å². The molecule has 11 heteroatoms. The highest BCUT2D eigenvalue weighted by atomic mass is 35.5. The SMILES string of the molecule is CC(C)Cc1sc(N)nc1-c1ccc(P(=O)([O-])Oc2ccc3c(c2)OCO3)o1.[Cl-]. The molecule has 4 rings (SSSR count). The number of nitrogen functional groups attached to an aromatic ring is 1. The average Bonchev–Trinajstić information content (AvgIpc) is 3.33. The zero-order valence-corrected chi connectivity index (χ0v) is 18.1. The van der Waals surface area contributed by atoms with E-state index in [9.17, 15) is 9.46 Å². The van der Waals surface area contributed by atoms with Crippen molar-refractivity contribution in [2.45, 2.75) is 20.3 Å². The van der Waals surface area contributed by atoms with Gasteiger partial charge in [0.05, 0.1) is 0 Å². The molecule has 0 aliphatic carbocycles. The summed E-state index contributed by atoms with van der Waals surface area (Å²) in [5, 5.41) is 0.408. The fourth-order valence-corrected chi connectivity index (χ4v) is 4.79. The molecule has 0 amide bonds. The highest BCUT2D eigenvalue weighted by Crippen LogP contribution is 2.43. The van der Waals surface area contributed by atoms with Crippen LogP contribution in [-0.2, 0) is 11.0 Å². The lowest BCUT2D eigenvalue weighted by atomic mass is 10.1. The Hall–Kier alpha value is -2.19. The Morgan fingerprint density at radius 1 is 1.28 bits per heavy atom. The molecule has 0 saturated carbocycles. The molecule has 1 aliphatic rings. The fraction of sp³-hybridized carbons (Fsp3) is 0.278. The smallest absolute Gasteiger partial charge is 0.248 e. The number of ether oxygens (including phenoxy) is 2. The molecule has 29 heavy (non-hydrogen) atoms.